The van der Waals surface area contributed by atoms with Crippen LogP contribution in [0.25, 0.3) is 17.3 Å². The SMILES string of the molecule is O=C(C=Cc1c(Cl)cccc1Cl)Nc1nc(-c2ccccc2)cs1. The summed E-state index contributed by atoms with van der Waals surface area (Å²) in [5.74, 6) is -0.292. The van der Waals surface area contributed by atoms with Gasteiger partial charge in [-0.25, -0.2) is 4.98 Å². The summed E-state index contributed by atoms with van der Waals surface area (Å²) in [7, 11) is 0. The van der Waals surface area contributed by atoms with Gasteiger partial charge >= 0.3 is 0 Å². The number of carbonyl (C=O) groups excluding carboxylic acids is 1. The second-order valence-corrected chi connectivity index (χ2v) is 6.53. The van der Waals surface area contributed by atoms with Gasteiger partial charge in [0.2, 0.25) is 5.91 Å². The van der Waals surface area contributed by atoms with Crippen molar-refractivity contribution in [3.05, 3.63) is 75.6 Å². The van der Waals surface area contributed by atoms with Crippen LogP contribution in [0.1, 0.15) is 5.56 Å². The first-order valence-electron chi connectivity index (χ1n) is 7.07. The molecular weight excluding hydrogens is 363 g/mol. The minimum absolute atomic E-state index is 0.292. The van der Waals surface area contributed by atoms with Gasteiger partial charge in [-0.2, -0.15) is 0 Å². The number of hydrogen-bond acceptors (Lipinski definition) is 3. The maximum atomic E-state index is 12.0. The number of thiazole rings is 1. The number of benzene rings is 2. The Morgan fingerprint density at radius 3 is 2.46 bits per heavy atom. The summed E-state index contributed by atoms with van der Waals surface area (Å²) in [6.07, 6.45) is 2.97. The predicted octanol–water partition coefficient (Wildman–Crippen LogP) is 5.77. The van der Waals surface area contributed by atoms with Crippen molar-refractivity contribution in [1.82, 2.24) is 4.98 Å². The third kappa shape index (κ3) is 4.03. The highest BCUT2D eigenvalue weighted by Gasteiger charge is 2.07. The largest absolute Gasteiger partial charge is 0.298 e. The topological polar surface area (TPSA) is 42.0 Å². The molecule has 1 amide bonds. The lowest BCUT2D eigenvalue weighted by Crippen LogP contribution is -2.07. The maximum absolute atomic E-state index is 12.0. The smallest absolute Gasteiger partial charge is 0.250 e. The highest BCUT2D eigenvalue weighted by Crippen LogP contribution is 2.26. The lowest BCUT2D eigenvalue weighted by atomic mass is 10.2. The number of nitrogens with zero attached hydrogens (tertiary/aromatic N) is 1. The van der Waals surface area contributed by atoms with Crippen LogP contribution in [0.2, 0.25) is 10.0 Å². The van der Waals surface area contributed by atoms with Crippen LogP contribution in [0.4, 0.5) is 5.13 Å². The molecule has 24 heavy (non-hydrogen) atoms. The number of aromatic nitrogens is 1. The van der Waals surface area contributed by atoms with Crippen molar-refractivity contribution in [2.24, 2.45) is 0 Å². The van der Waals surface area contributed by atoms with E-state index in [9.17, 15) is 4.79 Å². The van der Waals surface area contributed by atoms with Crippen LogP contribution in [0.15, 0.2) is 60.0 Å². The van der Waals surface area contributed by atoms with Crippen molar-refractivity contribution in [2.45, 2.75) is 0 Å². The third-order valence-corrected chi connectivity index (χ3v) is 4.62. The fraction of sp³-hybridized carbons (Fsp3) is 0. The van der Waals surface area contributed by atoms with Crippen LogP contribution in [0.5, 0.6) is 0 Å². The summed E-state index contributed by atoms with van der Waals surface area (Å²) in [5.41, 5.74) is 2.45. The second-order valence-electron chi connectivity index (χ2n) is 4.86. The van der Waals surface area contributed by atoms with Crippen LogP contribution in [-0.2, 0) is 4.79 Å². The van der Waals surface area contributed by atoms with Gasteiger partial charge in [-0.05, 0) is 18.2 Å². The van der Waals surface area contributed by atoms with E-state index in [4.69, 9.17) is 23.2 Å². The Labute approximate surface area is 153 Å². The molecule has 0 spiro atoms. The average molecular weight is 375 g/mol. The van der Waals surface area contributed by atoms with Crippen LogP contribution in [0, 0.1) is 0 Å². The van der Waals surface area contributed by atoms with E-state index in [2.05, 4.69) is 10.3 Å². The van der Waals surface area contributed by atoms with Crippen LogP contribution < -0.4 is 5.32 Å². The zero-order valence-corrected chi connectivity index (χ0v) is 14.7. The molecule has 0 fully saturated rings. The first kappa shape index (κ1) is 16.7. The van der Waals surface area contributed by atoms with Crippen molar-refractivity contribution in [1.29, 1.82) is 0 Å². The first-order valence-corrected chi connectivity index (χ1v) is 8.71. The molecule has 3 aromatic rings. The van der Waals surface area contributed by atoms with Gasteiger partial charge in [0, 0.05) is 32.6 Å². The predicted molar refractivity (Wildman–Crippen MR) is 102 cm³/mol. The van der Waals surface area contributed by atoms with Crippen molar-refractivity contribution in [3.8, 4) is 11.3 Å². The molecule has 2 aromatic carbocycles. The number of amides is 1. The molecule has 0 aliphatic carbocycles. The number of carbonyl (C=O) groups is 1. The maximum Gasteiger partial charge on any atom is 0.250 e. The molecule has 3 rings (SSSR count). The van der Waals surface area contributed by atoms with Crippen molar-refractivity contribution < 1.29 is 4.79 Å². The molecule has 0 saturated carbocycles. The lowest BCUT2D eigenvalue weighted by molar-refractivity contribution is -0.111. The van der Waals surface area contributed by atoms with Crippen molar-refractivity contribution in [3.63, 3.8) is 0 Å². The number of anilines is 1. The summed E-state index contributed by atoms with van der Waals surface area (Å²) in [6, 6.07) is 15.0. The molecule has 6 heteroatoms. The molecule has 1 N–H and O–H groups in total. The van der Waals surface area contributed by atoms with Gasteiger partial charge in [0.25, 0.3) is 0 Å². The number of nitrogens with one attached hydrogen (secondary N) is 1. The normalized spacial score (nSPS) is 10.9. The minimum Gasteiger partial charge on any atom is -0.298 e. The molecule has 0 aliphatic rings. The van der Waals surface area contributed by atoms with Crippen LogP contribution in [-0.4, -0.2) is 10.9 Å². The summed E-state index contributed by atoms with van der Waals surface area (Å²) in [5, 5.41) is 6.16. The van der Waals surface area contributed by atoms with E-state index in [1.165, 1.54) is 17.4 Å². The Hall–Kier alpha value is -2.14. The van der Waals surface area contributed by atoms with Crippen molar-refractivity contribution in [2.75, 3.05) is 5.32 Å². The van der Waals surface area contributed by atoms with E-state index < -0.39 is 0 Å². The number of hydrogen-bond donors (Lipinski definition) is 1. The van der Waals surface area contributed by atoms with E-state index in [0.717, 1.165) is 11.3 Å². The molecule has 1 aromatic heterocycles. The molecule has 3 nitrogen and oxygen atoms in total. The molecular formula is C18H12Cl2N2OS. The van der Waals surface area contributed by atoms with E-state index >= 15 is 0 Å². The quantitative estimate of drug-likeness (QED) is 0.589. The van der Waals surface area contributed by atoms with Gasteiger partial charge in [-0.3, -0.25) is 10.1 Å². The molecule has 0 unspecified atom stereocenters. The van der Waals surface area contributed by atoms with E-state index in [1.807, 2.05) is 35.7 Å². The molecule has 0 radical (unpaired) electrons. The highest BCUT2D eigenvalue weighted by atomic mass is 35.5. The van der Waals surface area contributed by atoms with E-state index in [0.29, 0.717) is 20.7 Å². The molecule has 0 atom stereocenters. The lowest BCUT2D eigenvalue weighted by Gasteiger charge is -2.01. The van der Waals surface area contributed by atoms with Gasteiger partial charge in [-0.1, -0.05) is 59.6 Å². The molecule has 0 aliphatic heterocycles. The summed E-state index contributed by atoms with van der Waals surface area (Å²) < 4.78 is 0. The van der Waals surface area contributed by atoms with Gasteiger partial charge in [0.15, 0.2) is 5.13 Å². The van der Waals surface area contributed by atoms with Gasteiger partial charge in [0.05, 0.1) is 5.69 Å². The number of halogens is 2. The standard InChI is InChI=1S/C18H12Cl2N2OS/c19-14-7-4-8-15(20)13(14)9-10-17(23)22-18-21-16(11-24-18)12-5-2-1-3-6-12/h1-11H,(H,21,22,23). The Balaban J connectivity index is 1.70. The summed E-state index contributed by atoms with van der Waals surface area (Å²) in [4.78, 5) is 16.4. The van der Waals surface area contributed by atoms with E-state index in [1.54, 1.807) is 24.3 Å². The summed E-state index contributed by atoms with van der Waals surface area (Å²) in [6.45, 7) is 0. The van der Waals surface area contributed by atoms with Gasteiger partial charge in [0.1, 0.15) is 0 Å². The van der Waals surface area contributed by atoms with Crippen molar-refractivity contribution >= 4 is 51.7 Å². The fourth-order valence-corrected chi connectivity index (χ4v) is 3.29. The Morgan fingerprint density at radius 2 is 1.75 bits per heavy atom. The zero-order valence-electron chi connectivity index (χ0n) is 12.4. The molecule has 120 valence electrons. The minimum atomic E-state index is -0.292. The highest BCUT2D eigenvalue weighted by molar-refractivity contribution is 7.14. The monoisotopic (exact) mass is 374 g/mol. The number of rotatable bonds is 4. The third-order valence-electron chi connectivity index (χ3n) is 3.20. The Morgan fingerprint density at radius 1 is 1.04 bits per heavy atom. The van der Waals surface area contributed by atoms with Crippen LogP contribution in [0.3, 0.4) is 0 Å². The van der Waals surface area contributed by atoms with E-state index in [-0.39, 0.29) is 5.91 Å². The Kier molecular flexibility index (Phi) is 5.30. The molecule has 0 bridgehead atoms. The van der Waals surface area contributed by atoms with Crippen LogP contribution >= 0.6 is 34.5 Å². The molecule has 0 saturated heterocycles. The molecule has 1 heterocycles. The summed E-state index contributed by atoms with van der Waals surface area (Å²) >= 11 is 13.5. The van der Waals surface area contributed by atoms with Gasteiger partial charge < -0.3 is 0 Å². The second kappa shape index (κ2) is 7.62. The Bertz CT molecular complexity index is 871. The first-order chi connectivity index (χ1) is 11.6. The zero-order chi connectivity index (χ0) is 16.9. The fourth-order valence-electron chi connectivity index (χ4n) is 2.05. The van der Waals surface area contributed by atoms with Gasteiger partial charge in [-0.15, -0.1) is 11.3 Å². The average Bonchev–Trinajstić information content (AvgIpc) is 3.03.